The number of carboxylic acid groups (broad SMARTS) is 3. The highest BCUT2D eigenvalue weighted by Crippen LogP contribution is 2.23. The Bertz CT molecular complexity index is 1380. The van der Waals surface area contributed by atoms with E-state index in [2.05, 4.69) is 35.4 Å². The Hall–Kier alpha value is -4.56. The van der Waals surface area contributed by atoms with Crippen molar-refractivity contribution in [1.29, 1.82) is 0 Å². The van der Waals surface area contributed by atoms with Crippen LogP contribution in [-0.2, 0) is 33.8 Å². The van der Waals surface area contributed by atoms with Gasteiger partial charge in [0, 0.05) is 31.6 Å². The number of hydrogen-bond acceptors (Lipinski definition) is 9. The number of non-ortho nitro benzene ring substituents is 1. The number of fused-ring (bicyclic) bond motifs is 1. The van der Waals surface area contributed by atoms with Gasteiger partial charge in [0.25, 0.3) is 5.69 Å². The second kappa shape index (κ2) is 16.2. The van der Waals surface area contributed by atoms with Crippen LogP contribution in [0.15, 0.2) is 42.5 Å². The highest BCUT2D eigenvalue weighted by atomic mass is 16.6. The van der Waals surface area contributed by atoms with Crippen molar-refractivity contribution in [2.24, 2.45) is 0 Å². The smallest absolute Gasteiger partial charge is 0.336 e. The molecule has 14 nitrogen and oxygen atoms in total. The topological polar surface area (TPSA) is 206 Å². The molecule has 1 heterocycles. The summed E-state index contributed by atoms with van der Waals surface area (Å²) < 4.78 is 7.73. The molecule has 234 valence electrons. The van der Waals surface area contributed by atoms with Crippen molar-refractivity contribution in [3.8, 4) is 5.75 Å². The average Bonchev–Trinajstić information content (AvgIpc) is 3.29. The molecule has 0 aliphatic carbocycles. The van der Waals surface area contributed by atoms with E-state index >= 15 is 0 Å². The normalized spacial score (nSPS) is 11.2. The van der Waals surface area contributed by atoms with Gasteiger partial charge in [-0.05, 0) is 50.2 Å². The van der Waals surface area contributed by atoms with E-state index in [1.807, 2.05) is 25.1 Å². The standard InChI is InChI=1S/C23H30N4O3.C6H8O7/c1-4-25(5-2)15-16-26-22-13-10-19(27(28)29)17-21(22)24-23(26)14-9-18-7-11-20(12-8-18)30-6-3;7-3(8)1-6(13,5(11)12)2-4(9)10/h7-8,10-13,17H,4-6,9,14-16H2,1-3H3;13H,1-2H2,(H,7,8)(H,9,10)(H,11,12). The van der Waals surface area contributed by atoms with E-state index in [0.29, 0.717) is 12.1 Å². The number of carboxylic acids is 3. The van der Waals surface area contributed by atoms with Gasteiger partial charge in [-0.25, -0.2) is 9.78 Å². The second-order valence-corrected chi connectivity index (χ2v) is 9.69. The highest BCUT2D eigenvalue weighted by molar-refractivity contribution is 5.88. The molecule has 14 heteroatoms. The maximum Gasteiger partial charge on any atom is 0.336 e. The van der Waals surface area contributed by atoms with Crippen molar-refractivity contribution in [2.75, 3.05) is 26.2 Å². The third-order valence-corrected chi connectivity index (χ3v) is 6.71. The van der Waals surface area contributed by atoms with Gasteiger partial charge in [-0.2, -0.15) is 0 Å². The third-order valence-electron chi connectivity index (χ3n) is 6.71. The summed E-state index contributed by atoms with van der Waals surface area (Å²) in [7, 11) is 0. The van der Waals surface area contributed by atoms with Crippen molar-refractivity contribution in [1.82, 2.24) is 14.5 Å². The molecular weight excluding hydrogens is 564 g/mol. The molecule has 2 aromatic carbocycles. The van der Waals surface area contributed by atoms with Gasteiger partial charge in [0.15, 0.2) is 5.60 Å². The molecule has 0 saturated heterocycles. The zero-order valence-corrected chi connectivity index (χ0v) is 24.4. The summed E-state index contributed by atoms with van der Waals surface area (Å²) in [4.78, 5) is 48.4. The van der Waals surface area contributed by atoms with Crippen LogP contribution in [0.4, 0.5) is 5.69 Å². The van der Waals surface area contributed by atoms with Gasteiger partial charge in [-0.15, -0.1) is 0 Å². The summed E-state index contributed by atoms with van der Waals surface area (Å²) in [5, 5.41) is 45.0. The molecule has 3 aromatic rings. The summed E-state index contributed by atoms with van der Waals surface area (Å²) in [6, 6.07) is 13.1. The maximum absolute atomic E-state index is 11.2. The number of rotatable bonds is 16. The molecule has 0 aliphatic rings. The molecule has 0 bridgehead atoms. The van der Waals surface area contributed by atoms with Gasteiger partial charge in [-0.1, -0.05) is 26.0 Å². The van der Waals surface area contributed by atoms with E-state index in [0.717, 1.165) is 56.1 Å². The maximum atomic E-state index is 11.2. The lowest BCUT2D eigenvalue weighted by Crippen LogP contribution is -2.42. The highest BCUT2D eigenvalue weighted by Gasteiger charge is 2.40. The van der Waals surface area contributed by atoms with Crippen LogP contribution in [0.1, 0.15) is 45.0 Å². The van der Waals surface area contributed by atoms with Crippen LogP contribution in [-0.4, -0.2) is 89.6 Å². The van der Waals surface area contributed by atoms with Crippen LogP contribution in [0.25, 0.3) is 11.0 Å². The molecule has 0 radical (unpaired) electrons. The van der Waals surface area contributed by atoms with Gasteiger partial charge in [-0.3, -0.25) is 19.7 Å². The number of nitro groups is 1. The largest absolute Gasteiger partial charge is 0.494 e. The Labute approximate surface area is 248 Å². The molecule has 0 aliphatic heterocycles. The number of nitrogens with zero attached hydrogens (tertiary/aromatic N) is 4. The summed E-state index contributed by atoms with van der Waals surface area (Å²) in [5.74, 6) is -3.18. The van der Waals surface area contributed by atoms with Crippen LogP contribution in [0, 0.1) is 10.1 Å². The molecule has 0 unspecified atom stereocenters. The molecule has 0 amide bonds. The summed E-state index contributed by atoms with van der Waals surface area (Å²) >= 11 is 0. The molecule has 0 fully saturated rings. The molecule has 0 atom stereocenters. The van der Waals surface area contributed by atoms with E-state index in [-0.39, 0.29) is 10.6 Å². The second-order valence-electron chi connectivity index (χ2n) is 9.69. The Morgan fingerprint density at radius 3 is 2.07 bits per heavy atom. The predicted molar refractivity (Wildman–Crippen MR) is 156 cm³/mol. The van der Waals surface area contributed by atoms with Crippen LogP contribution < -0.4 is 4.74 Å². The lowest BCUT2D eigenvalue weighted by Gasteiger charge is -2.19. The van der Waals surface area contributed by atoms with Gasteiger partial charge >= 0.3 is 17.9 Å². The molecule has 0 spiro atoms. The lowest BCUT2D eigenvalue weighted by atomic mass is 9.96. The first-order valence-electron chi connectivity index (χ1n) is 13.8. The lowest BCUT2D eigenvalue weighted by molar-refractivity contribution is -0.384. The van der Waals surface area contributed by atoms with Crippen molar-refractivity contribution in [2.45, 2.75) is 58.6 Å². The first kappa shape index (κ1) is 34.6. The number of nitro benzene ring substituents is 1. The zero-order valence-electron chi connectivity index (χ0n) is 24.4. The Morgan fingerprint density at radius 1 is 0.977 bits per heavy atom. The minimum Gasteiger partial charge on any atom is -0.494 e. The van der Waals surface area contributed by atoms with E-state index < -0.39 is 36.4 Å². The van der Waals surface area contributed by atoms with Crippen LogP contribution in [0.3, 0.4) is 0 Å². The van der Waals surface area contributed by atoms with Crippen molar-refractivity contribution >= 4 is 34.6 Å². The van der Waals surface area contributed by atoms with Crippen molar-refractivity contribution < 1.29 is 44.5 Å². The van der Waals surface area contributed by atoms with E-state index in [4.69, 9.17) is 30.1 Å². The summed E-state index contributed by atoms with van der Waals surface area (Å²) in [6.45, 7) is 10.7. The Morgan fingerprint density at radius 2 is 1.58 bits per heavy atom. The van der Waals surface area contributed by atoms with Crippen LogP contribution in [0.2, 0.25) is 0 Å². The number of aliphatic carboxylic acids is 3. The van der Waals surface area contributed by atoms with Gasteiger partial charge in [0.2, 0.25) is 0 Å². The van der Waals surface area contributed by atoms with Crippen molar-refractivity contribution in [3.05, 3.63) is 64.0 Å². The van der Waals surface area contributed by atoms with E-state index in [1.54, 1.807) is 12.1 Å². The number of aromatic nitrogens is 2. The van der Waals surface area contributed by atoms with Crippen LogP contribution in [0.5, 0.6) is 5.75 Å². The van der Waals surface area contributed by atoms with E-state index in [1.165, 1.54) is 5.56 Å². The minimum absolute atomic E-state index is 0.0777. The number of ether oxygens (including phenoxy) is 1. The molecule has 43 heavy (non-hydrogen) atoms. The summed E-state index contributed by atoms with van der Waals surface area (Å²) in [6.07, 6.45) is -0.666. The fourth-order valence-electron chi connectivity index (χ4n) is 4.39. The zero-order chi connectivity index (χ0) is 32.2. The first-order valence-corrected chi connectivity index (χ1v) is 13.8. The van der Waals surface area contributed by atoms with Crippen molar-refractivity contribution in [3.63, 3.8) is 0 Å². The van der Waals surface area contributed by atoms with Gasteiger partial charge in [0.05, 0.1) is 35.4 Å². The summed E-state index contributed by atoms with van der Waals surface area (Å²) in [5.41, 5.74) is 0.193. The van der Waals surface area contributed by atoms with Crippen LogP contribution >= 0.6 is 0 Å². The molecule has 3 rings (SSSR count). The number of likely N-dealkylation sites (N-methyl/N-ethyl adjacent to an activating group) is 1. The third kappa shape index (κ3) is 10.3. The predicted octanol–water partition coefficient (Wildman–Crippen LogP) is 3.22. The first-order chi connectivity index (χ1) is 20.3. The number of imidazole rings is 1. The fraction of sp³-hybridized carbons (Fsp3) is 0.448. The molecule has 4 N–H and O–H groups in total. The SMILES string of the molecule is CCOc1ccc(CCc2nc3cc([N+](=O)[O-])ccc3n2CCN(CC)CC)cc1.O=C(O)CC(O)(CC(=O)O)C(=O)O. The Balaban J connectivity index is 0.000000420. The van der Waals surface area contributed by atoms with Gasteiger partial charge < -0.3 is 34.6 Å². The number of aryl methyl sites for hydroxylation is 2. The molecular formula is C29H38N4O10. The molecule has 1 aromatic heterocycles. The van der Waals surface area contributed by atoms with Gasteiger partial charge in [0.1, 0.15) is 11.6 Å². The number of hydrogen-bond donors (Lipinski definition) is 4. The quantitative estimate of drug-likeness (QED) is 0.138. The molecule has 0 saturated carbocycles. The average molecular weight is 603 g/mol. The number of benzene rings is 2. The fourth-order valence-corrected chi connectivity index (χ4v) is 4.39. The number of aliphatic hydroxyl groups is 1. The number of carbonyl (C=O) groups is 3. The van der Waals surface area contributed by atoms with E-state index in [9.17, 15) is 24.5 Å². The monoisotopic (exact) mass is 602 g/mol. The Kier molecular flexibility index (Phi) is 13.0. The minimum atomic E-state index is -2.74.